The lowest BCUT2D eigenvalue weighted by Crippen LogP contribution is -2.41. The van der Waals surface area contributed by atoms with Gasteiger partial charge in [0.25, 0.3) is 0 Å². The molecule has 1 heterocycles. The summed E-state index contributed by atoms with van der Waals surface area (Å²) in [5.41, 5.74) is -0.574. The minimum absolute atomic E-state index is 0.0947. The van der Waals surface area contributed by atoms with E-state index in [2.05, 4.69) is 14.7 Å². The summed E-state index contributed by atoms with van der Waals surface area (Å²) < 4.78 is 66.3. The maximum atomic E-state index is 13.0. The third kappa shape index (κ3) is 4.27. The fourth-order valence-electron chi connectivity index (χ4n) is 2.35. The quantitative estimate of drug-likeness (QED) is 0.772. The van der Waals surface area contributed by atoms with Crippen molar-refractivity contribution in [2.24, 2.45) is 5.92 Å². The van der Waals surface area contributed by atoms with E-state index in [-0.39, 0.29) is 12.3 Å². The normalized spacial score (nSPS) is 15.0. The highest BCUT2D eigenvalue weighted by atomic mass is 19.4. The van der Waals surface area contributed by atoms with Gasteiger partial charge in [0.15, 0.2) is 0 Å². The van der Waals surface area contributed by atoms with Crippen molar-refractivity contribution in [2.45, 2.75) is 38.2 Å². The van der Waals surface area contributed by atoms with Crippen LogP contribution in [0.1, 0.15) is 25.1 Å². The summed E-state index contributed by atoms with van der Waals surface area (Å²) in [7, 11) is 0. The lowest BCUT2D eigenvalue weighted by molar-refractivity contribution is -0.360. The van der Waals surface area contributed by atoms with E-state index in [0.29, 0.717) is 11.3 Å². The van der Waals surface area contributed by atoms with Crippen LogP contribution in [0.25, 0.3) is 0 Å². The summed E-state index contributed by atoms with van der Waals surface area (Å²) in [5.74, 6) is -0.963. The largest absolute Gasteiger partial charge is 0.499 e. The van der Waals surface area contributed by atoms with Crippen LogP contribution in [0, 0.1) is 5.92 Å². The van der Waals surface area contributed by atoms with Gasteiger partial charge in [0.2, 0.25) is 0 Å². The second-order valence-electron chi connectivity index (χ2n) is 6.09. The van der Waals surface area contributed by atoms with Gasteiger partial charge in [-0.05, 0) is 23.6 Å². The molecule has 9 heteroatoms. The standard InChI is InChI=1S/C17H17F5N2O2/c1-11(2)15(25,9-13-10-23-7-8-24-13)12-3-5-14(6-4-12)26-17(21,22)16(18,19)20/h3-8,10-11,25H,9H2,1-2H3. The van der Waals surface area contributed by atoms with Crippen LogP contribution in [-0.4, -0.2) is 27.4 Å². The molecule has 1 unspecified atom stereocenters. The van der Waals surface area contributed by atoms with Gasteiger partial charge < -0.3 is 9.84 Å². The maximum Gasteiger partial charge on any atom is 0.499 e. The molecule has 1 N–H and O–H groups in total. The summed E-state index contributed by atoms with van der Waals surface area (Å²) in [5, 5.41) is 11.0. The molecule has 1 aromatic heterocycles. The van der Waals surface area contributed by atoms with Crippen molar-refractivity contribution in [2.75, 3.05) is 0 Å². The summed E-state index contributed by atoms with van der Waals surface area (Å²) >= 11 is 0. The van der Waals surface area contributed by atoms with Crippen molar-refractivity contribution in [3.05, 3.63) is 54.1 Å². The van der Waals surface area contributed by atoms with Crippen molar-refractivity contribution in [1.82, 2.24) is 9.97 Å². The molecule has 0 aliphatic heterocycles. The van der Waals surface area contributed by atoms with Crippen molar-refractivity contribution in [3.63, 3.8) is 0 Å². The molecule has 0 aliphatic rings. The SMILES string of the molecule is CC(C)C(O)(Cc1cnccn1)c1ccc(OC(F)(F)C(F)(F)F)cc1. The first-order valence-corrected chi connectivity index (χ1v) is 7.67. The fourth-order valence-corrected chi connectivity index (χ4v) is 2.35. The molecule has 0 saturated carbocycles. The monoisotopic (exact) mass is 376 g/mol. The molecule has 4 nitrogen and oxygen atoms in total. The molecule has 2 aromatic rings. The third-order valence-corrected chi connectivity index (χ3v) is 3.95. The molecule has 1 atom stereocenters. The van der Waals surface area contributed by atoms with E-state index in [9.17, 15) is 27.1 Å². The number of ether oxygens (including phenoxy) is 1. The summed E-state index contributed by atoms with van der Waals surface area (Å²) in [4.78, 5) is 8.01. The fraction of sp³-hybridized carbons (Fsp3) is 0.412. The highest BCUT2D eigenvalue weighted by molar-refractivity contribution is 5.32. The Kier molecular flexibility index (Phi) is 5.50. The summed E-state index contributed by atoms with van der Waals surface area (Å²) in [6, 6.07) is 4.41. The van der Waals surface area contributed by atoms with E-state index in [1.807, 2.05) is 0 Å². The second-order valence-corrected chi connectivity index (χ2v) is 6.09. The van der Waals surface area contributed by atoms with Crippen LogP contribution >= 0.6 is 0 Å². The molecule has 26 heavy (non-hydrogen) atoms. The van der Waals surface area contributed by atoms with E-state index in [1.165, 1.54) is 30.7 Å². The smallest absolute Gasteiger partial charge is 0.426 e. The van der Waals surface area contributed by atoms with Crippen molar-refractivity contribution < 1.29 is 31.8 Å². The Morgan fingerprint density at radius 1 is 1.04 bits per heavy atom. The molecular formula is C17H17F5N2O2. The minimum Gasteiger partial charge on any atom is -0.426 e. The van der Waals surface area contributed by atoms with Gasteiger partial charge in [0.05, 0.1) is 11.3 Å². The number of nitrogens with zero attached hydrogens (tertiary/aromatic N) is 2. The molecular weight excluding hydrogens is 359 g/mol. The lowest BCUT2D eigenvalue weighted by atomic mass is 9.80. The third-order valence-electron chi connectivity index (χ3n) is 3.95. The Morgan fingerprint density at radius 3 is 2.12 bits per heavy atom. The highest BCUT2D eigenvalue weighted by Gasteiger charge is 2.61. The minimum atomic E-state index is -5.82. The Bertz CT molecular complexity index is 720. The molecule has 0 saturated heterocycles. The van der Waals surface area contributed by atoms with E-state index in [1.54, 1.807) is 13.8 Å². The van der Waals surface area contributed by atoms with E-state index in [0.717, 1.165) is 12.1 Å². The van der Waals surface area contributed by atoms with Gasteiger partial charge in [-0.2, -0.15) is 22.0 Å². The van der Waals surface area contributed by atoms with Crippen LogP contribution in [0.4, 0.5) is 22.0 Å². The van der Waals surface area contributed by atoms with Gasteiger partial charge in [-0.3, -0.25) is 9.97 Å². The summed E-state index contributed by atoms with van der Waals surface area (Å²) in [6.07, 6.45) is -6.61. The Labute approximate surface area is 146 Å². The van der Waals surface area contributed by atoms with Crippen LogP contribution in [0.5, 0.6) is 5.75 Å². The number of alkyl halides is 5. The average molecular weight is 376 g/mol. The number of benzene rings is 1. The molecule has 142 valence electrons. The number of hydrogen-bond acceptors (Lipinski definition) is 4. The molecule has 0 bridgehead atoms. The molecule has 0 radical (unpaired) electrons. The molecule has 0 fully saturated rings. The zero-order chi connectivity index (χ0) is 19.6. The van der Waals surface area contributed by atoms with Gasteiger partial charge in [0.1, 0.15) is 5.75 Å². The van der Waals surface area contributed by atoms with Gasteiger partial charge in [0, 0.05) is 25.0 Å². The Morgan fingerprint density at radius 2 is 1.65 bits per heavy atom. The number of aliphatic hydroxyl groups is 1. The van der Waals surface area contributed by atoms with Gasteiger partial charge in [-0.1, -0.05) is 26.0 Å². The molecule has 0 aliphatic carbocycles. The summed E-state index contributed by atoms with van der Waals surface area (Å²) in [6.45, 7) is 3.50. The first-order valence-electron chi connectivity index (χ1n) is 7.67. The van der Waals surface area contributed by atoms with Crippen LogP contribution in [0.15, 0.2) is 42.9 Å². The van der Waals surface area contributed by atoms with Crippen LogP contribution < -0.4 is 4.74 Å². The Balaban J connectivity index is 2.26. The van der Waals surface area contributed by atoms with Crippen LogP contribution in [0.2, 0.25) is 0 Å². The van der Waals surface area contributed by atoms with Crippen molar-refractivity contribution in [1.29, 1.82) is 0 Å². The molecule has 1 aromatic carbocycles. The highest BCUT2D eigenvalue weighted by Crippen LogP contribution is 2.38. The van der Waals surface area contributed by atoms with E-state index >= 15 is 0 Å². The zero-order valence-electron chi connectivity index (χ0n) is 14.0. The molecule has 0 spiro atoms. The maximum absolute atomic E-state index is 13.0. The van der Waals surface area contributed by atoms with Gasteiger partial charge in [-0.15, -0.1) is 0 Å². The van der Waals surface area contributed by atoms with E-state index < -0.39 is 23.6 Å². The van der Waals surface area contributed by atoms with E-state index in [4.69, 9.17) is 0 Å². The average Bonchev–Trinajstić information content (AvgIpc) is 2.54. The Hall–Kier alpha value is -2.29. The van der Waals surface area contributed by atoms with Crippen molar-refractivity contribution in [3.8, 4) is 5.75 Å². The lowest BCUT2D eigenvalue weighted by Gasteiger charge is -2.32. The number of aromatic nitrogens is 2. The first-order chi connectivity index (χ1) is 12.0. The predicted octanol–water partition coefficient (Wildman–Crippen LogP) is 4.10. The predicted molar refractivity (Wildman–Crippen MR) is 82.5 cm³/mol. The molecule has 2 rings (SSSR count). The number of hydrogen-bond donors (Lipinski definition) is 1. The number of halogens is 5. The first kappa shape index (κ1) is 20.0. The topological polar surface area (TPSA) is 55.2 Å². The van der Waals surface area contributed by atoms with Crippen LogP contribution in [0.3, 0.4) is 0 Å². The molecule has 0 amide bonds. The van der Waals surface area contributed by atoms with Gasteiger partial charge in [-0.25, -0.2) is 0 Å². The van der Waals surface area contributed by atoms with Crippen molar-refractivity contribution >= 4 is 0 Å². The van der Waals surface area contributed by atoms with Crippen LogP contribution in [-0.2, 0) is 12.0 Å². The number of rotatable bonds is 6. The second kappa shape index (κ2) is 7.14. The van der Waals surface area contributed by atoms with Gasteiger partial charge >= 0.3 is 12.3 Å². The zero-order valence-corrected chi connectivity index (χ0v) is 14.0.